The van der Waals surface area contributed by atoms with Gasteiger partial charge in [-0.15, -0.1) is 0 Å². The molecule has 0 N–H and O–H groups in total. The van der Waals surface area contributed by atoms with Crippen LogP contribution in [0.25, 0.3) is 0 Å². The van der Waals surface area contributed by atoms with Crippen molar-refractivity contribution in [3.8, 4) is 5.75 Å². The molecule has 5 nitrogen and oxygen atoms in total. The van der Waals surface area contributed by atoms with Gasteiger partial charge in [-0.3, -0.25) is 0 Å². The Balaban J connectivity index is 2.78. The largest absolute Gasteiger partial charge is 0.492 e. The lowest BCUT2D eigenvalue weighted by molar-refractivity contribution is 0.0595. The molecule has 7 heteroatoms. The predicted molar refractivity (Wildman–Crippen MR) is 81.3 cm³/mol. The van der Waals surface area contributed by atoms with Crippen molar-refractivity contribution in [2.45, 2.75) is 19.8 Å². The van der Waals surface area contributed by atoms with Crippen LogP contribution in [0.3, 0.4) is 0 Å². The summed E-state index contributed by atoms with van der Waals surface area (Å²) in [5, 5.41) is 0. The number of benzene rings is 1. The maximum atomic E-state index is 11.6. The zero-order valence-electron chi connectivity index (χ0n) is 12.0. The van der Waals surface area contributed by atoms with E-state index in [1.54, 1.807) is 24.3 Å². The van der Waals surface area contributed by atoms with Gasteiger partial charge < -0.3 is 9.47 Å². The van der Waals surface area contributed by atoms with Crippen LogP contribution in [0, 0.1) is 5.92 Å². The standard InChI is InChI=1S/C14H19ClO5S/c1-3-6-11(10-21(15,17)18)9-20-13-8-5-4-7-12(13)14(16)19-2/h4-5,7-8,11H,3,6,9-10H2,1-2H3. The van der Waals surface area contributed by atoms with Crippen molar-refractivity contribution < 1.29 is 22.7 Å². The number of para-hydroxylation sites is 1. The summed E-state index contributed by atoms with van der Waals surface area (Å²) in [6, 6.07) is 6.67. The fraction of sp³-hybridized carbons (Fsp3) is 0.500. The molecular formula is C14H19ClO5S. The topological polar surface area (TPSA) is 69.7 Å². The summed E-state index contributed by atoms with van der Waals surface area (Å²) in [6.07, 6.45) is 1.49. The Morgan fingerprint density at radius 2 is 2.00 bits per heavy atom. The van der Waals surface area contributed by atoms with Crippen LogP contribution >= 0.6 is 10.7 Å². The number of hydrogen-bond donors (Lipinski definition) is 0. The Labute approximate surface area is 129 Å². The fourth-order valence-electron chi connectivity index (χ4n) is 1.98. The molecule has 0 aliphatic rings. The highest BCUT2D eigenvalue weighted by Gasteiger charge is 2.19. The summed E-state index contributed by atoms with van der Waals surface area (Å²) in [6.45, 7) is 2.13. The van der Waals surface area contributed by atoms with Crippen LogP contribution in [0.2, 0.25) is 0 Å². The number of halogens is 1. The van der Waals surface area contributed by atoms with Gasteiger partial charge in [0.1, 0.15) is 11.3 Å². The Morgan fingerprint density at radius 3 is 2.57 bits per heavy atom. The zero-order valence-corrected chi connectivity index (χ0v) is 13.6. The van der Waals surface area contributed by atoms with E-state index < -0.39 is 15.0 Å². The van der Waals surface area contributed by atoms with Crippen molar-refractivity contribution in [2.75, 3.05) is 19.5 Å². The quantitative estimate of drug-likeness (QED) is 0.540. The second-order valence-electron chi connectivity index (χ2n) is 4.66. The number of ether oxygens (including phenoxy) is 2. The molecule has 0 spiro atoms. The summed E-state index contributed by atoms with van der Waals surface area (Å²) in [7, 11) is 3.00. The molecule has 0 aromatic heterocycles. The molecule has 1 rings (SSSR count). The van der Waals surface area contributed by atoms with Crippen LogP contribution in [-0.4, -0.2) is 33.9 Å². The molecule has 0 saturated heterocycles. The molecule has 0 aliphatic carbocycles. The number of carbonyl (C=O) groups is 1. The van der Waals surface area contributed by atoms with Crippen LogP contribution in [0.15, 0.2) is 24.3 Å². The average Bonchev–Trinajstić information content (AvgIpc) is 2.43. The molecule has 1 aromatic carbocycles. The van der Waals surface area contributed by atoms with E-state index in [0.29, 0.717) is 17.7 Å². The van der Waals surface area contributed by atoms with Crippen LogP contribution < -0.4 is 4.74 Å². The first-order chi connectivity index (χ1) is 9.87. The van der Waals surface area contributed by atoms with Crippen LogP contribution in [0.4, 0.5) is 0 Å². The van der Waals surface area contributed by atoms with Gasteiger partial charge in [0.25, 0.3) is 0 Å². The van der Waals surface area contributed by atoms with E-state index >= 15 is 0 Å². The minimum absolute atomic E-state index is 0.150. The number of carbonyl (C=O) groups excluding carboxylic acids is 1. The third-order valence-corrected chi connectivity index (χ3v) is 4.15. The van der Waals surface area contributed by atoms with Gasteiger partial charge in [0, 0.05) is 16.6 Å². The number of rotatable bonds is 8. The molecule has 0 amide bonds. The van der Waals surface area contributed by atoms with Crippen molar-refractivity contribution >= 4 is 25.7 Å². The van der Waals surface area contributed by atoms with Gasteiger partial charge in [0.05, 0.1) is 19.5 Å². The van der Waals surface area contributed by atoms with E-state index in [4.69, 9.17) is 15.4 Å². The van der Waals surface area contributed by atoms with Gasteiger partial charge in [-0.05, 0) is 18.6 Å². The molecule has 1 aromatic rings. The molecule has 21 heavy (non-hydrogen) atoms. The lowest BCUT2D eigenvalue weighted by atomic mass is 10.1. The summed E-state index contributed by atoms with van der Waals surface area (Å²) >= 11 is 0. The minimum Gasteiger partial charge on any atom is -0.492 e. The first-order valence-electron chi connectivity index (χ1n) is 6.59. The molecular weight excluding hydrogens is 316 g/mol. The van der Waals surface area contributed by atoms with Gasteiger partial charge in [-0.2, -0.15) is 0 Å². The lowest BCUT2D eigenvalue weighted by Gasteiger charge is -2.16. The molecule has 0 heterocycles. The number of methoxy groups -OCH3 is 1. The van der Waals surface area contributed by atoms with Gasteiger partial charge in [0.15, 0.2) is 0 Å². The SMILES string of the molecule is CCCC(COc1ccccc1C(=O)OC)CS(=O)(=O)Cl. The van der Waals surface area contributed by atoms with Crippen molar-refractivity contribution in [3.05, 3.63) is 29.8 Å². The molecule has 0 radical (unpaired) electrons. The third-order valence-electron chi connectivity index (χ3n) is 2.90. The van der Waals surface area contributed by atoms with E-state index in [1.165, 1.54) is 7.11 Å². The molecule has 0 aliphatic heterocycles. The third kappa shape index (κ3) is 6.35. The molecule has 0 fully saturated rings. The van der Waals surface area contributed by atoms with E-state index in [2.05, 4.69) is 4.74 Å². The van der Waals surface area contributed by atoms with Crippen molar-refractivity contribution in [3.63, 3.8) is 0 Å². The fourth-order valence-corrected chi connectivity index (χ4v) is 3.34. The second-order valence-corrected chi connectivity index (χ2v) is 7.48. The van der Waals surface area contributed by atoms with Gasteiger partial charge in [0.2, 0.25) is 9.05 Å². The van der Waals surface area contributed by atoms with E-state index in [0.717, 1.165) is 6.42 Å². The van der Waals surface area contributed by atoms with Crippen molar-refractivity contribution in [1.82, 2.24) is 0 Å². The number of hydrogen-bond acceptors (Lipinski definition) is 5. The highest BCUT2D eigenvalue weighted by Crippen LogP contribution is 2.21. The van der Waals surface area contributed by atoms with E-state index in [-0.39, 0.29) is 18.3 Å². The maximum Gasteiger partial charge on any atom is 0.341 e. The Kier molecular flexibility index (Phi) is 6.98. The first kappa shape index (κ1) is 17.8. The van der Waals surface area contributed by atoms with E-state index in [1.807, 2.05) is 6.92 Å². The summed E-state index contributed by atoms with van der Waals surface area (Å²) < 4.78 is 32.6. The monoisotopic (exact) mass is 334 g/mol. The number of esters is 1. The zero-order chi connectivity index (χ0) is 15.9. The van der Waals surface area contributed by atoms with Crippen LogP contribution in [-0.2, 0) is 13.8 Å². The maximum absolute atomic E-state index is 11.6. The molecule has 1 unspecified atom stereocenters. The molecule has 0 bridgehead atoms. The Hall–Kier alpha value is -1.27. The van der Waals surface area contributed by atoms with Crippen molar-refractivity contribution in [1.29, 1.82) is 0 Å². The first-order valence-corrected chi connectivity index (χ1v) is 9.07. The summed E-state index contributed by atoms with van der Waals surface area (Å²) in [4.78, 5) is 11.6. The highest BCUT2D eigenvalue weighted by atomic mass is 35.7. The smallest absolute Gasteiger partial charge is 0.341 e. The summed E-state index contributed by atoms with van der Waals surface area (Å²) in [5.74, 6) is -0.494. The van der Waals surface area contributed by atoms with Crippen molar-refractivity contribution in [2.24, 2.45) is 5.92 Å². The molecule has 1 atom stereocenters. The Morgan fingerprint density at radius 1 is 1.33 bits per heavy atom. The average molecular weight is 335 g/mol. The van der Waals surface area contributed by atoms with E-state index in [9.17, 15) is 13.2 Å². The minimum atomic E-state index is -3.58. The van der Waals surface area contributed by atoms with Gasteiger partial charge in [-0.1, -0.05) is 25.5 Å². The molecule has 118 valence electrons. The Bertz CT molecular complexity index is 570. The lowest BCUT2D eigenvalue weighted by Crippen LogP contribution is -2.20. The normalized spacial score (nSPS) is 12.7. The predicted octanol–water partition coefficient (Wildman–Crippen LogP) is 2.84. The van der Waals surface area contributed by atoms with Gasteiger partial charge >= 0.3 is 5.97 Å². The summed E-state index contributed by atoms with van der Waals surface area (Å²) in [5.41, 5.74) is 0.309. The van der Waals surface area contributed by atoms with Crippen LogP contribution in [0.5, 0.6) is 5.75 Å². The second kappa shape index (κ2) is 8.24. The van der Waals surface area contributed by atoms with Crippen LogP contribution in [0.1, 0.15) is 30.1 Å². The highest BCUT2D eigenvalue weighted by molar-refractivity contribution is 8.13. The molecule has 0 saturated carbocycles. The van der Waals surface area contributed by atoms with Gasteiger partial charge in [-0.25, -0.2) is 13.2 Å².